The van der Waals surface area contributed by atoms with Crippen molar-refractivity contribution in [1.82, 2.24) is 0 Å². The topological polar surface area (TPSA) is 57.5 Å². The van der Waals surface area contributed by atoms with Crippen molar-refractivity contribution in [2.24, 2.45) is 0 Å². The van der Waals surface area contributed by atoms with E-state index in [2.05, 4.69) is 13.8 Å². The van der Waals surface area contributed by atoms with Crippen LogP contribution in [-0.4, -0.2) is 16.2 Å². The highest BCUT2D eigenvalue weighted by Crippen LogP contribution is 2.30. The summed E-state index contributed by atoms with van der Waals surface area (Å²) in [5.41, 5.74) is 1.76. The van der Waals surface area contributed by atoms with E-state index in [-0.39, 0.29) is 18.1 Å². The molecular weight excluding hydrogens is 204 g/mol. The molecule has 1 aromatic rings. The molecular formula is C13H18O3. The molecule has 0 spiro atoms. The van der Waals surface area contributed by atoms with Crippen LogP contribution in [0.1, 0.15) is 50.2 Å². The predicted octanol–water partition coefficient (Wildman–Crippen LogP) is 3.09. The van der Waals surface area contributed by atoms with Crippen molar-refractivity contribution in [2.45, 2.75) is 39.0 Å². The van der Waals surface area contributed by atoms with Crippen LogP contribution in [-0.2, 0) is 4.79 Å². The number of phenols is 1. The Hall–Kier alpha value is -1.51. The van der Waals surface area contributed by atoms with Crippen LogP contribution in [0.15, 0.2) is 18.2 Å². The summed E-state index contributed by atoms with van der Waals surface area (Å²) in [6, 6.07) is 5.48. The van der Waals surface area contributed by atoms with Crippen LogP contribution in [0.4, 0.5) is 0 Å². The highest BCUT2D eigenvalue weighted by molar-refractivity contribution is 5.68. The predicted molar refractivity (Wildman–Crippen MR) is 62.9 cm³/mol. The molecule has 16 heavy (non-hydrogen) atoms. The van der Waals surface area contributed by atoms with E-state index in [0.717, 1.165) is 5.56 Å². The van der Waals surface area contributed by atoms with E-state index < -0.39 is 5.97 Å². The molecule has 3 heteroatoms. The number of carboxylic acids is 1. The van der Waals surface area contributed by atoms with Gasteiger partial charge in [-0.15, -0.1) is 0 Å². The normalized spacial score (nSPS) is 12.8. The number of hydrogen-bond donors (Lipinski definition) is 2. The molecule has 2 N–H and O–H groups in total. The van der Waals surface area contributed by atoms with Gasteiger partial charge in [-0.1, -0.05) is 32.9 Å². The maximum Gasteiger partial charge on any atom is 0.303 e. The Labute approximate surface area is 95.7 Å². The molecule has 0 amide bonds. The van der Waals surface area contributed by atoms with Gasteiger partial charge in [0.1, 0.15) is 5.75 Å². The van der Waals surface area contributed by atoms with Crippen molar-refractivity contribution in [3.63, 3.8) is 0 Å². The summed E-state index contributed by atoms with van der Waals surface area (Å²) in [5.74, 6) is -0.465. The van der Waals surface area contributed by atoms with E-state index in [0.29, 0.717) is 11.5 Å². The quantitative estimate of drug-likeness (QED) is 0.823. The Morgan fingerprint density at radius 2 is 1.94 bits per heavy atom. The lowest BCUT2D eigenvalue weighted by molar-refractivity contribution is -0.137. The first-order valence-electron chi connectivity index (χ1n) is 5.46. The fourth-order valence-corrected chi connectivity index (χ4v) is 1.71. The van der Waals surface area contributed by atoms with Crippen LogP contribution in [0, 0.1) is 0 Å². The molecule has 0 aromatic heterocycles. The minimum Gasteiger partial charge on any atom is -0.508 e. The summed E-state index contributed by atoms with van der Waals surface area (Å²) < 4.78 is 0. The van der Waals surface area contributed by atoms with Gasteiger partial charge in [0.2, 0.25) is 0 Å². The molecule has 0 fully saturated rings. The average Bonchev–Trinajstić information content (AvgIpc) is 2.15. The molecule has 0 saturated carbocycles. The van der Waals surface area contributed by atoms with Gasteiger partial charge in [0.15, 0.2) is 0 Å². The lowest BCUT2D eigenvalue weighted by Crippen LogP contribution is -2.03. The molecule has 0 aliphatic rings. The Balaban J connectivity index is 2.94. The van der Waals surface area contributed by atoms with E-state index in [1.165, 1.54) is 0 Å². The van der Waals surface area contributed by atoms with Gasteiger partial charge >= 0.3 is 5.97 Å². The van der Waals surface area contributed by atoms with E-state index in [1.807, 2.05) is 12.1 Å². The summed E-state index contributed by atoms with van der Waals surface area (Å²) in [4.78, 5) is 10.6. The van der Waals surface area contributed by atoms with Gasteiger partial charge in [0.05, 0.1) is 6.42 Å². The van der Waals surface area contributed by atoms with Gasteiger partial charge in [0, 0.05) is 0 Å². The standard InChI is InChI=1S/C13H18O3/c1-8(2)10-4-5-11(12(14)7-10)9(3)6-13(15)16/h4-5,7-9,14H,6H2,1-3H3,(H,15,16). The molecule has 0 heterocycles. The van der Waals surface area contributed by atoms with Crippen molar-refractivity contribution in [3.8, 4) is 5.75 Å². The Bertz CT molecular complexity index is 383. The number of aromatic hydroxyl groups is 1. The van der Waals surface area contributed by atoms with Gasteiger partial charge in [-0.2, -0.15) is 0 Å². The van der Waals surface area contributed by atoms with Crippen molar-refractivity contribution in [1.29, 1.82) is 0 Å². The van der Waals surface area contributed by atoms with Crippen LogP contribution in [0.3, 0.4) is 0 Å². The molecule has 3 nitrogen and oxygen atoms in total. The summed E-state index contributed by atoms with van der Waals surface area (Å²) >= 11 is 0. The molecule has 1 aromatic carbocycles. The first kappa shape index (κ1) is 12.6. The third-order valence-corrected chi connectivity index (χ3v) is 2.73. The molecule has 0 aliphatic heterocycles. The highest BCUT2D eigenvalue weighted by Gasteiger charge is 2.14. The summed E-state index contributed by atoms with van der Waals surface area (Å²) in [6.45, 7) is 5.91. The van der Waals surface area contributed by atoms with E-state index >= 15 is 0 Å². The zero-order valence-corrected chi connectivity index (χ0v) is 9.90. The molecule has 88 valence electrons. The monoisotopic (exact) mass is 222 g/mol. The van der Waals surface area contributed by atoms with Gasteiger partial charge in [-0.3, -0.25) is 4.79 Å². The van der Waals surface area contributed by atoms with Gasteiger partial charge in [-0.25, -0.2) is 0 Å². The molecule has 1 unspecified atom stereocenters. The molecule has 0 bridgehead atoms. The zero-order valence-electron chi connectivity index (χ0n) is 9.90. The Kier molecular flexibility index (Phi) is 3.93. The van der Waals surface area contributed by atoms with Crippen LogP contribution in [0.25, 0.3) is 0 Å². The number of carbonyl (C=O) groups is 1. The molecule has 1 atom stereocenters. The second-order valence-electron chi connectivity index (χ2n) is 4.47. The van der Waals surface area contributed by atoms with Crippen molar-refractivity contribution < 1.29 is 15.0 Å². The van der Waals surface area contributed by atoms with Crippen LogP contribution < -0.4 is 0 Å². The highest BCUT2D eigenvalue weighted by atomic mass is 16.4. The number of aliphatic carboxylic acids is 1. The maximum atomic E-state index is 10.6. The Morgan fingerprint density at radius 3 is 2.38 bits per heavy atom. The van der Waals surface area contributed by atoms with E-state index in [4.69, 9.17) is 5.11 Å². The Morgan fingerprint density at radius 1 is 1.31 bits per heavy atom. The summed E-state index contributed by atoms with van der Waals surface area (Å²) in [6.07, 6.45) is 0.0363. The van der Waals surface area contributed by atoms with Gasteiger partial charge in [-0.05, 0) is 29.0 Å². The van der Waals surface area contributed by atoms with Crippen molar-refractivity contribution in [3.05, 3.63) is 29.3 Å². The fraction of sp³-hybridized carbons (Fsp3) is 0.462. The van der Waals surface area contributed by atoms with Crippen molar-refractivity contribution in [2.75, 3.05) is 0 Å². The first-order valence-corrected chi connectivity index (χ1v) is 5.46. The number of carboxylic acid groups (broad SMARTS) is 1. The lowest BCUT2D eigenvalue weighted by atomic mass is 9.93. The SMILES string of the molecule is CC(C)c1ccc(C(C)CC(=O)O)c(O)c1. The van der Waals surface area contributed by atoms with Gasteiger partial charge < -0.3 is 10.2 Å². The zero-order chi connectivity index (χ0) is 12.3. The van der Waals surface area contributed by atoms with Gasteiger partial charge in [0.25, 0.3) is 0 Å². The second kappa shape index (κ2) is 5.01. The number of hydrogen-bond acceptors (Lipinski definition) is 2. The summed E-state index contributed by atoms with van der Waals surface area (Å²) in [5, 5.41) is 18.5. The average molecular weight is 222 g/mol. The third-order valence-electron chi connectivity index (χ3n) is 2.73. The number of rotatable bonds is 4. The van der Waals surface area contributed by atoms with Crippen LogP contribution in [0.2, 0.25) is 0 Å². The van der Waals surface area contributed by atoms with Crippen LogP contribution in [0.5, 0.6) is 5.75 Å². The van der Waals surface area contributed by atoms with Crippen LogP contribution >= 0.6 is 0 Å². The molecule has 0 saturated heterocycles. The van der Waals surface area contributed by atoms with E-state index in [9.17, 15) is 9.90 Å². The number of phenolic OH excluding ortho intramolecular Hbond substituents is 1. The van der Waals surface area contributed by atoms with Crippen molar-refractivity contribution >= 4 is 5.97 Å². The smallest absolute Gasteiger partial charge is 0.303 e. The largest absolute Gasteiger partial charge is 0.508 e. The molecule has 0 radical (unpaired) electrons. The lowest BCUT2D eigenvalue weighted by Gasteiger charge is -2.13. The van der Waals surface area contributed by atoms with E-state index in [1.54, 1.807) is 13.0 Å². The molecule has 1 rings (SSSR count). The number of benzene rings is 1. The third kappa shape index (κ3) is 2.99. The minimum atomic E-state index is -0.847. The fourth-order valence-electron chi connectivity index (χ4n) is 1.71. The second-order valence-corrected chi connectivity index (χ2v) is 4.47. The maximum absolute atomic E-state index is 10.6. The minimum absolute atomic E-state index is 0.0363. The molecule has 0 aliphatic carbocycles. The summed E-state index contributed by atoms with van der Waals surface area (Å²) in [7, 11) is 0. The first-order chi connectivity index (χ1) is 7.41.